The van der Waals surface area contributed by atoms with Gasteiger partial charge in [-0.25, -0.2) is 0 Å². The monoisotopic (exact) mass is 650 g/mol. The van der Waals surface area contributed by atoms with Crippen LogP contribution in [0.1, 0.15) is 164 Å². The summed E-state index contributed by atoms with van der Waals surface area (Å²) in [5.74, 6) is 0. The summed E-state index contributed by atoms with van der Waals surface area (Å²) in [6.45, 7) is 0. The maximum atomic E-state index is 2.74. The van der Waals surface area contributed by atoms with Gasteiger partial charge in [0.15, 0.2) is 0 Å². The van der Waals surface area contributed by atoms with E-state index in [-0.39, 0.29) is 26.2 Å². The van der Waals surface area contributed by atoms with Crippen molar-refractivity contribution in [3.63, 3.8) is 0 Å². The standard InChI is InChI=1S/C44H60P2/c1-5-23-37(24-6-1)45(38-25-7-2-8-26-38)43(33-17-21-35-19-13-15-31-41(35)43)44(34-18-22-36-20-14-16-32-42(36)44)46(39-27-9-3-10-28-39)40-29-11-4-12-30-40/h13-22,31-32,37-40H,1-12,23-30,33-34H2. The van der Waals surface area contributed by atoms with Gasteiger partial charge in [-0.2, -0.15) is 0 Å². The lowest BCUT2D eigenvalue weighted by Gasteiger charge is -2.66. The Morgan fingerprint density at radius 3 is 1.02 bits per heavy atom. The van der Waals surface area contributed by atoms with Gasteiger partial charge in [-0.1, -0.05) is 166 Å². The molecular formula is C44H60P2. The fourth-order valence-corrected chi connectivity index (χ4v) is 22.9. The minimum absolute atomic E-state index is 0.225. The Bertz CT molecular complexity index is 1220. The van der Waals surface area contributed by atoms with E-state index in [1.54, 1.807) is 11.1 Å². The van der Waals surface area contributed by atoms with Gasteiger partial charge >= 0.3 is 0 Å². The number of allylic oxidation sites excluding steroid dienone is 2. The summed E-state index contributed by atoms with van der Waals surface area (Å²) in [5, 5.41) is 0.471. The molecule has 8 rings (SSSR count). The maximum Gasteiger partial charge on any atom is 0.0338 e. The van der Waals surface area contributed by atoms with E-state index >= 15 is 0 Å². The third-order valence-corrected chi connectivity index (χ3v) is 22.4. The summed E-state index contributed by atoms with van der Waals surface area (Å²) in [6, 6.07) is 20.1. The van der Waals surface area contributed by atoms with Gasteiger partial charge in [-0.05, 0) is 109 Å². The second-order valence-corrected chi connectivity index (χ2v) is 22.2. The molecule has 0 aromatic heterocycles. The first-order valence-corrected chi connectivity index (χ1v) is 22.9. The van der Waals surface area contributed by atoms with Crippen LogP contribution in [-0.4, -0.2) is 22.6 Å². The van der Waals surface area contributed by atoms with E-state index in [9.17, 15) is 0 Å². The van der Waals surface area contributed by atoms with Gasteiger partial charge in [0.2, 0.25) is 0 Å². The maximum absolute atomic E-state index is 2.74. The molecule has 0 spiro atoms. The van der Waals surface area contributed by atoms with E-state index < -0.39 is 0 Å². The van der Waals surface area contributed by atoms with Crippen molar-refractivity contribution in [2.24, 2.45) is 0 Å². The van der Waals surface area contributed by atoms with Crippen molar-refractivity contribution >= 4 is 28.0 Å². The van der Waals surface area contributed by atoms with E-state index in [0.29, 0.717) is 0 Å². The Balaban J connectivity index is 1.45. The van der Waals surface area contributed by atoms with Crippen LogP contribution in [0, 0.1) is 0 Å². The molecule has 0 nitrogen and oxygen atoms in total. The molecular weight excluding hydrogens is 590 g/mol. The van der Waals surface area contributed by atoms with Gasteiger partial charge in [-0.3, -0.25) is 0 Å². The Kier molecular flexibility index (Phi) is 9.97. The highest BCUT2D eigenvalue weighted by atomic mass is 31.1. The topological polar surface area (TPSA) is 0 Å². The lowest BCUT2D eigenvalue weighted by atomic mass is 9.69. The molecule has 0 N–H and O–H groups in total. The molecule has 246 valence electrons. The van der Waals surface area contributed by atoms with Gasteiger partial charge in [0, 0.05) is 10.3 Å². The Morgan fingerprint density at radius 2 is 0.696 bits per heavy atom. The third-order valence-electron chi connectivity index (χ3n) is 13.7. The van der Waals surface area contributed by atoms with Crippen LogP contribution >= 0.6 is 15.8 Å². The minimum Gasteiger partial charge on any atom is -0.0877 e. The summed E-state index contributed by atoms with van der Waals surface area (Å²) in [5.41, 5.74) is 10.6. The van der Waals surface area contributed by atoms with Crippen molar-refractivity contribution in [1.82, 2.24) is 0 Å². The molecule has 0 bridgehead atoms. The summed E-state index contributed by atoms with van der Waals surface area (Å²) in [7, 11) is -0.451. The van der Waals surface area contributed by atoms with Crippen LogP contribution in [0.5, 0.6) is 0 Å². The number of rotatable bonds is 7. The molecule has 4 saturated carbocycles. The molecule has 6 aliphatic rings. The van der Waals surface area contributed by atoms with Crippen LogP contribution in [0.2, 0.25) is 0 Å². The van der Waals surface area contributed by atoms with Crippen LogP contribution in [0.15, 0.2) is 60.7 Å². The number of hydrogen-bond acceptors (Lipinski definition) is 0. The largest absolute Gasteiger partial charge is 0.0877 e. The Morgan fingerprint density at radius 1 is 0.391 bits per heavy atom. The molecule has 4 fully saturated rings. The van der Waals surface area contributed by atoms with Crippen molar-refractivity contribution in [3.8, 4) is 0 Å². The fourth-order valence-electron chi connectivity index (χ4n) is 11.9. The molecule has 0 saturated heterocycles. The molecule has 2 unspecified atom stereocenters. The lowest BCUT2D eigenvalue weighted by molar-refractivity contribution is 0.380. The molecule has 0 amide bonds. The second-order valence-electron chi connectivity index (χ2n) is 16.1. The van der Waals surface area contributed by atoms with Crippen molar-refractivity contribution in [2.45, 2.75) is 174 Å². The SMILES string of the molecule is C1=Cc2ccccc2C(P(C2CCCCC2)C2CCCCC2)(C2(P(C3CCCCC3)C3CCCCC3)CC=Cc3ccccc32)C1. The predicted molar refractivity (Wildman–Crippen MR) is 205 cm³/mol. The van der Waals surface area contributed by atoms with Crippen molar-refractivity contribution in [1.29, 1.82) is 0 Å². The first kappa shape index (κ1) is 32.0. The van der Waals surface area contributed by atoms with Crippen LogP contribution in [0.3, 0.4) is 0 Å². The molecule has 2 aromatic carbocycles. The van der Waals surface area contributed by atoms with E-state index in [0.717, 1.165) is 22.6 Å². The van der Waals surface area contributed by atoms with E-state index in [1.807, 2.05) is 11.1 Å². The summed E-state index contributed by atoms with van der Waals surface area (Å²) in [4.78, 5) is 0. The fraction of sp³-hybridized carbons (Fsp3) is 0.636. The molecule has 46 heavy (non-hydrogen) atoms. The van der Waals surface area contributed by atoms with Crippen molar-refractivity contribution in [2.75, 3.05) is 0 Å². The molecule has 2 aromatic rings. The summed E-state index contributed by atoms with van der Waals surface area (Å²) in [6.07, 6.45) is 43.0. The average Bonchev–Trinajstić information content (AvgIpc) is 3.14. The van der Waals surface area contributed by atoms with Crippen molar-refractivity contribution < 1.29 is 0 Å². The zero-order valence-electron chi connectivity index (χ0n) is 28.7. The van der Waals surface area contributed by atoms with Crippen LogP contribution in [-0.2, 0) is 10.3 Å². The van der Waals surface area contributed by atoms with Crippen molar-refractivity contribution in [3.05, 3.63) is 82.9 Å². The first-order chi connectivity index (χ1) is 22.8. The average molecular weight is 651 g/mol. The van der Waals surface area contributed by atoms with E-state index in [4.69, 9.17) is 0 Å². The smallest absolute Gasteiger partial charge is 0.0338 e. The van der Waals surface area contributed by atoms with Gasteiger partial charge < -0.3 is 0 Å². The zero-order valence-corrected chi connectivity index (χ0v) is 30.5. The highest BCUT2D eigenvalue weighted by Crippen LogP contribution is 2.85. The lowest BCUT2D eigenvalue weighted by Crippen LogP contribution is -2.54. The second kappa shape index (κ2) is 14.3. The third kappa shape index (κ3) is 5.57. The molecule has 0 aliphatic heterocycles. The predicted octanol–water partition coefficient (Wildman–Crippen LogP) is 13.9. The van der Waals surface area contributed by atoms with Gasteiger partial charge in [0.05, 0.1) is 0 Å². The number of hydrogen-bond donors (Lipinski definition) is 0. The molecule has 2 atom stereocenters. The normalized spacial score (nSPS) is 30.0. The highest BCUT2D eigenvalue weighted by molar-refractivity contribution is 7.65. The highest BCUT2D eigenvalue weighted by Gasteiger charge is 2.65. The van der Waals surface area contributed by atoms with Crippen LogP contribution < -0.4 is 0 Å². The van der Waals surface area contributed by atoms with E-state index in [2.05, 4.69) is 72.8 Å². The molecule has 0 heterocycles. The van der Waals surface area contributed by atoms with Gasteiger partial charge in [0.25, 0.3) is 0 Å². The zero-order chi connectivity index (χ0) is 30.8. The van der Waals surface area contributed by atoms with E-state index in [1.165, 1.54) is 141 Å². The van der Waals surface area contributed by atoms with Crippen LogP contribution in [0.25, 0.3) is 12.2 Å². The summed E-state index contributed by atoms with van der Waals surface area (Å²) >= 11 is 0. The number of fused-ring (bicyclic) bond motifs is 2. The molecule has 0 radical (unpaired) electrons. The quantitative estimate of drug-likeness (QED) is 0.262. The summed E-state index contributed by atoms with van der Waals surface area (Å²) < 4.78 is 0. The minimum atomic E-state index is -0.225. The Labute approximate surface area is 284 Å². The Hall–Kier alpha value is -1.22. The molecule has 6 aliphatic carbocycles. The van der Waals surface area contributed by atoms with Crippen LogP contribution in [0.4, 0.5) is 0 Å². The number of benzene rings is 2. The van der Waals surface area contributed by atoms with Gasteiger partial charge in [-0.15, -0.1) is 0 Å². The molecule has 2 heteroatoms. The van der Waals surface area contributed by atoms with Gasteiger partial charge in [0.1, 0.15) is 0 Å². The first-order valence-electron chi connectivity index (χ1n) is 19.9.